The molecule has 0 aliphatic carbocycles. The number of urea groups is 1. The molecule has 0 bridgehead atoms. The number of carbonyl (C=O) groups is 1. The molecular weight excluding hydrogens is 412 g/mol. The SMILES string of the molecule is O=C(Nc1ccc2c(c1)CCCO2)N1CC(c2ccc(F)cc2)C(c2ccc(F)cc2)=N1. The maximum absolute atomic E-state index is 13.5. The second-order valence-electron chi connectivity index (χ2n) is 7.88. The number of fused-ring (bicyclic) bond motifs is 1. The highest BCUT2D eigenvalue weighted by molar-refractivity contribution is 6.07. The van der Waals surface area contributed by atoms with Crippen molar-refractivity contribution in [3.05, 3.63) is 95.1 Å². The first-order chi connectivity index (χ1) is 15.6. The molecule has 2 heterocycles. The number of benzene rings is 3. The molecule has 2 amide bonds. The lowest BCUT2D eigenvalue weighted by molar-refractivity contribution is 0.218. The van der Waals surface area contributed by atoms with Crippen LogP contribution in [0.1, 0.15) is 29.0 Å². The number of hydrogen-bond acceptors (Lipinski definition) is 3. The summed E-state index contributed by atoms with van der Waals surface area (Å²) in [6.45, 7) is 0.996. The zero-order chi connectivity index (χ0) is 22.1. The number of ether oxygens (including phenoxy) is 1. The summed E-state index contributed by atoms with van der Waals surface area (Å²) in [7, 11) is 0. The average molecular weight is 433 g/mol. The third-order valence-corrected chi connectivity index (χ3v) is 5.72. The first kappa shape index (κ1) is 20.2. The van der Waals surface area contributed by atoms with Crippen molar-refractivity contribution < 1.29 is 18.3 Å². The van der Waals surface area contributed by atoms with E-state index in [1.807, 2.05) is 12.1 Å². The number of hydrazone groups is 1. The first-order valence-electron chi connectivity index (χ1n) is 10.5. The molecule has 32 heavy (non-hydrogen) atoms. The highest BCUT2D eigenvalue weighted by Gasteiger charge is 2.32. The van der Waals surface area contributed by atoms with Gasteiger partial charge in [0, 0.05) is 11.6 Å². The Morgan fingerprint density at radius 2 is 1.72 bits per heavy atom. The van der Waals surface area contributed by atoms with Gasteiger partial charge < -0.3 is 10.1 Å². The molecule has 3 aromatic rings. The van der Waals surface area contributed by atoms with Crippen LogP contribution in [0, 0.1) is 11.6 Å². The summed E-state index contributed by atoms with van der Waals surface area (Å²) in [4.78, 5) is 13.0. The van der Waals surface area contributed by atoms with Crippen molar-refractivity contribution in [2.75, 3.05) is 18.5 Å². The van der Waals surface area contributed by atoms with Crippen LogP contribution in [-0.2, 0) is 6.42 Å². The third-order valence-electron chi connectivity index (χ3n) is 5.72. The van der Waals surface area contributed by atoms with Gasteiger partial charge in [0.05, 0.1) is 18.9 Å². The number of rotatable bonds is 3. The van der Waals surface area contributed by atoms with Gasteiger partial charge in [-0.1, -0.05) is 24.3 Å². The van der Waals surface area contributed by atoms with E-state index in [0.717, 1.165) is 29.7 Å². The summed E-state index contributed by atoms with van der Waals surface area (Å²) in [6.07, 6.45) is 1.85. The maximum atomic E-state index is 13.5. The third kappa shape index (κ3) is 4.06. The molecule has 0 saturated carbocycles. The van der Waals surface area contributed by atoms with E-state index in [-0.39, 0.29) is 30.1 Å². The van der Waals surface area contributed by atoms with Gasteiger partial charge in [0.25, 0.3) is 0 Å². The number of aryl methyl sites for hydroxylation is 1. The molecule has 0 spiro atoms. The first-order valence-corrected chi connectivity index (χ1v) is 10.5. The molecule has 5 rings (SSSR count). The van der Waals surface area contributed by atoms with Crippen LogP contribution in [0.5, 0.6) is 5.75 Å². The van der Waals surface area contributed by atoms with Crippen LogP contribution in [-0.4, -0.2) is 29.9 Å². The number of hydrogen-bond donors (Lipinski definition) is 1. The fourth-order valence-corrected chi connectivity index (χ4v) is 4.09. The molecule has 1 N–H and O–H groups in total. The highest BCUT2D eigenvalue weighted by Crippen LogP contribution is 2.31. The molecule has 0 fully saturated rings. The van der Waals surface area contributed by atoms with Crippen molar-refractivity contribution in [3.8, 4) is 5.75 Å². The lowest BCUT2D eigenvalue weighted by atomic mass is 9.90. The van der Waals surface area contributed by atoms with E-state index in [2.05, 4.69) is 10.4 Å². The van der Waals surface area contributed by atoms with Gasteiger partial charge in [-0.05, 0) is 72.0 Å². The van der Waals surface area contributed by atoms with Crippen molar-refractivity contribution in [2.24, 2.45) is 5.10 Å². The van der Waals surface area contributed by atoms with Gasteiger partial charge in [0.15, 0.2) is 0 Å². The van der Waals surface area contributed by atoms with E-state index < -0.39 is 0 Å². The Morgan fingerprint density at radius 1 is 1.00 bits per heavy atom. The number of halogens is 2. The second-order valence-corrected chi connectivity index (χ2v) is 7.88. The van der Waals surface area contributed by atoms with E-state index >= 15 is 0 Å². The average Bonchev–Trinajstić information content (AvgIpc) is 3.26. The zero-order valence-electron chi connectivity index (χ0n) is 17.2. The summed E-state index contributed by atoms with van der Waals surface area (Å²) >= 11 is 0. The predicted molar refractivity (Wildman–Crippen MR) is 118 cm³/mol. The van der Waals surface area contributed by atoms with Gasteiger partial charge in [0.1, 0.15) is 17.4 Å². The van der Waals surface area contributed by atoms with Gasteiger partial charge in [-0.25, -0.2) is 18.6 Å². The Hall–Kier alpha value is -3.74. The fourth-order valence-electron chi connectivity index (χ4n) is 4.09. The van der Waals surface area contributed by atoms with E-state index in [1.165, 1.54) is 29.3 Å². The molecule has 2 aliphatic heterocycles. The molecule has 2 aliphatic rings. The van der Waals surface area contributed by atoms with E-state index in [0.29, 0.717) is 23.6 Å². The van der Waals surface area contributed by atoms with Crippen LogP contribution < -0.4 is 10.1 Å². The van der Waals surface area contributed by atoms with Gasteiger partial charge in [-0.3, -0.25) is 0 Å². The fraction of sp³-hybridized carbons (Fsp3) is 0.200. The maximum Gasteiger partial charge on any atom is 0.342 e. The van der Waals surface area contributed by atoms with Crippen molar-refractivity contribution in [2.45, 2.75) is 18.8 Å². The Labute approximate surface area is 184 Å². The van der Waals surface area contributed by atoms with Crippen LogP contribution >= 0.6 is 0 Å². The minimum atomic E-state index is -0.370. The smallest absolute Gasteiger partial charge is 0.342 e. The standard InChI is InChI=1S/C25H21F2N3O2/c26-19-7-3-16(4-8-19)22-15-30(29-24(22)17-5-9-20(27)10-6-17)25(31)28-21-11-12-23-18(14-21)2-1-13-32-23/h3-12,14,22H,1-2,13,15H2,(H,28,31). The number of nitrogens with one attached hydrogen (secondary N) is 1. The van der Waals surface area contributed by atoms with Gasteiger partial charge in [-0.2, -0.15) is 5.10 Å². The molecule has 0 radical (unpaired) electrons. The van der Waals surface area contributed by atoms with Crippen molar-refractivity contribution >= 4 is 17.4 Å². The van der Waals surface area contributed by atoms with E-state index in [4.69, 9.17) is 4.74 Å². The number of nitrogens with zero attached hydrogens (tertiary/aromatic N) is 2. The van der Waals surface area contributed by atoms with Gasteiger partial charge in [-0.15, -0.1) is 0 Å². The van der Waals surface area contributed by atoms with Crippen molar-refractivity contribution in [3.63, 3.8) is 0 Å². The topological polar surface area (TPSA) is 53.9 Å². The molecule has 1 atom stereocenters. The molecule has 7 heteroatoms. The van der Waals surface area contributed by atoms with Crippen LogP contribution in [0.3, 0.4) is 0 Å². The van der Waals surface area contributed by atoms with E-state index in [9.17, 15) is 13.6 Å². The molecule has 0 aromatic heterocycles. The van der Waals surface area contributed by atoms with E-state index in [1.54, 1.807) is 30.3 Å². The number of carbonyl (C=O) groups excluding carboxylic acids is 1. The summed E-state index contributed by atoms with van der Waals surface area (Å²) in [5.74, 6) is -0.0955. The summed E-state index contributed by atoms with van der Waals surface area (Å²) < 4.78 is 32.5. The molecule has 0 saturated heterocycles. The Morgan fingerprint density at radius 3 is 2.47 bits per heavy atom. The second kappa shape index (κ2) is 8.42. The molecule has 1 unspecified atom stereocenters. The lowest BCUT2D eigenvalue weighted by Gasteiger charge is -2.19. The highest BCUT2D eigenvalue weighted by atomic mass is 19.1. The monoisotopic (exact) mass is 433 g/mol. The normalized spacial score (nSPS) is 17.4. The van der Waals surface area contributed by atoms with Gasteiger partial charge in [0.2, 0.25) is 0 Å². The number of anilines is 1. The summed E-state index contributed by atoms with van der Waals surface area (Å²) in [5.41, 5.74) is 3.90. The summed E-state index contributed by atoms with van der Waals surface area (Å²) in [5, 5.41) is 8.81. The van der Waals surface area contributed by atoms with Crippen LogP contribution in [0.25, 0.3) is 0 Å². The van der Waals surface area contributed by atoms with Crippen molar-refractivity contribution in [1.82, 2.24) is 5.01 Å². The Bertz CT molecular complexity index is 1180. The Balaban J connectivity index is 1.41. The largest absolute Gasteiger partial charge is 0.493 e. The number of amides is 2. The van der Waals surface area contributed by atoms with Crippen LogP contribution in [0.15, 0.2) is 71.8 Å². The minimum absolute atomic E-state index is 0.260. The Kier molecular flexibility index (Phi) is 5.31. The molecular formula is C25H21F2N3O2. The van der Waals surface area contributed by atoms with Gasteiger partial charge >= 0.3 is 6.03 Å². The summed E-state index contributed by atoms with van der Waals surface area (Å²) in [6, 6.07) is 17.3. The molecule has 162 valence electrons. The lowest BCUT2D eigenvalue weighted by Crippen LogP contribution is -2.30. The minimum Gasteiger partial charge on any atom is -0.493 e. The van der Waals surface area contributed by atoms with Crippen molar-refractivity contribution in [1.29, 1.82) is 0 Å². The van der Waals surface area contributed by atoms with Crippen LogP contribution in [0.4, 0.5) is 19.3 Å². The molecule has 3 aromatic carbocycles. The molecule has 5 nitrogen and oxygen atoms in total. The quantitative estimate of drug-likeness (QED) is 0.607. The predicted octanol–water partition coefficient (Wildman–Crippen LogP) is 5.33. The zero-order valence-corrected chi connectivity index (χ0v) is 17.2. The van der Waals surface area contributed by atoms with Crippen LogP contribution in [0.2, 0.25) is 0 Å².